The van der Waals surface area contributed by atoms with Crippen molar-refractivity contribution in [3.05, 3.63) is 47.6 Å². The zero-order valence-electron chi connectivity index (χ0n) is 14.1. The van der Waals surface area contributed by atoms with Crippen LogP contribution in [0.15, 0.2) is 47.1 Å². The lowest BCUT2D eigenvalue weighted by Crippen LogP contribution is -2.34. The Bertz CT molecular complexity index is 854. The lowest BCUT2D eigenvalue weighted by molar-refractivity contribution is -0.122. The summed E-state index contributed by atoms with van der Waals surface area (Å²) in [6.07, 6.45) is 2.70. The highest BCUT2D eigenvalue weighted by molar-refractivity contribution is 6.30. The van der Waals surface area contributed by atoms with Crippen LogP contribution in [0.2, 0.25) is 5.02 Å². The average molecular weight is 359 g/mol. The minimum atomic E-state index is -0.0516. The SMILES string of the molecule is CC[C@@H](C)NC(=O)Cn1cccc1-c1nc(-c2ccc(Cl)cc2)no1. The van der Waals surface area contributed by atoms with Gasteiger partial charge in [-0.15, -0.1) is 0 Å². The van der Waals surface area contributed by atoms with Crippen molar-refractivity contribution in [2.45, 2.75) is 32.9 Å². The standard InChI is InChI=1S/C18H19ClN4O2/c1-3-12(2)20-16(24)11-23-10-4-5-15(23)18-21-17(22-25-18)13-6-8-14(19)9-7-13/h4-10,12H,3,11H2,1-2H3,(H,20,24)/t12-/m1/s1. The lowest BCUT2D eigenvalue weighted by Gasteiger charge is -2.12. The number of hydrogen-bond acceptors (Lipinski definition) is 4. The Balaban J connectivity index is 1.78. The summed E-state index contributed by atoms with van der Waals surface area (Å²) >= 11 is 5.90. The molecule has 2 aromatic heterocycles. The number of carbonyl (C=O) groups is 1. The molecule has 3 rings (SSSR count). The van der Waals surface area contributed by atoms with Gasteiger partial charge in [0.15, 0.2) is 0 Å². The van der Waals surface area contributed by atoms with Crippen LogP contribution in [0, 0.1) is 0 Å². The van der Waals surface area contributed by atoms with Crippen LogP contribution in [0.4, 0.5) is 0 Å². The first kappa shape index (κ1) is 17.2. The smallest absolute Gasteiger partial charge is 0.274 e. The van der Waals surface area contributed by atoms with Crippen molar-refractivity contribution >= 4 is 17.5 Å². The van der Waals surface area contributed by atoms with Gasteiger partial charge < -0.3 is 14.4 Å². The molecular formula is C18H19ClN4O2. The van der Waals surface area contributed by atoms with E-state index in [2.05, 4.69) is 15.5 Å². The van der Waals surface area contributed by atoms with Gasteiger partial charge in [0.1, 0.15) is 12.2 Å². The van der Waals surface area contributed by atoms with Crippen LogP contribution < -0.4 is 5.32 Å². The molecule has 25 heavy (non-hydrogen) atoms. The Morgan fingerprint density at radius 3 is 2.80 bits per heavy atom. The van der Waals surface area contributed by atoms with Gasteiger partial charge in [-0.25, -0.2) is 0 Å². The summed E-state index contributed by atoms with van der Waals surface area (Å²) in [5.74, 6) is 0.791. The van der Waals surface area contributed by atoms with E-state index in [9.17, 15) is 4.79 Å². The van der Waals surface area contributed by atoms with Crippen LogP contribution in [0.25, 0.3) is 23.0 Å². The van der Waals surface area contributed by atoms with E-state index in [-0.39, 0.29) is 18.5 Å². The van der Waals surface area contributed by atoms with Gasteiger partial charge >= 0.3 is 0 Å². The number of nitrogens with one attached hydrogen (secondary N) is 1. The molecule has 6 nitrogen and oxygen atoms in total. The number of amides is 1. The molecule has 1 atom stereocenters. The molecule has 0 fully saturated rings. The van der Waals surface area contributed by atoms with Gasteiger partial charge in [-0.1, -0.05) is 23.7 Å². The Morgan fingerprint density at radius 2 is 2.08 bits per heavy atom. The number of rotatable bonds is 6. The molecule has 0 saturated heterocycles. The fourth-order valence-electron chi connectivity index (χ4n) is 2.37. The molecule has 0 radical (unpaired) electrons. The molecule has 0 bridgehead atoms. The first-order valence-electron chi connectivity index (χ1n) is 8.11. The van der Waals surface area contributed by atoms with E-state index >= 15 is 0 Å². The highest BCUT2D eigenvalue weighted by Crippen LogP contribution is 2.23. The number of benzene rings is 1. The van der Waals surface area contributed by atoms with E-state index in [1.807, 2.05) is 44.3 Å². The molecule has 0 aliphatic rings. The number of hydrogen-bond donors (Lipinski definition) is 1. The summed E-state index contributed by atoms with van der Waals surface area (Å²) < 4.78 is 7.16. The van der Waals surface area contributed by atoms with Crippen LogP contribution >= 0.6 is 11.6 Å². The van der Waals surface area contributed by atoms with Gasteiger partial charge in [0.25, 0.3) is 5.89 Å². The molecule has 0 unspecified atom stereocenters. The van der Waals surface area contributed by atoms with Gasteiger partial charge in [-0.05, 0) is 49.7 Å². The second-order valence-electron chi connectivity index (χ2n) is 5.83. The third-order valence-corrected chi connectivity index (χ3v) is 4.16. The van der Waals surface area contributed by atoms with E-state index in [0.717, 1.165) is 12.0 Å². The third-order valence-electron chi connectivity index (χ3n) is 3.91. The number of aromatic nitrogens is 3. The van der Waals surface area contributed by atoms with Gasteiger partial charge in [-0.3, -0.25) is 4.79 Å². The van der Waals surface area contributed by atoms with Crippen molar-refractivity contribution in [1.29, 1.82) is 0 Å². The maximum atomic E-state index is 12.1. The predicted octanol–water partition coefficient (Wildman–Crippen LogP) is 3.77. The minimum Gasteiger partial charge on any atom is -0.352 e. The van der Waals surface area contributed by atoms with Crippen molar-refractivity contribution < 1.29 is 9.32 Å². The molecule has 7 heteroatoms. The highest BCUT2D eigenvalue weighted by atomic mass is 35.5. The summed E-state index contributed by atoms with van der Waals surface area (Å²) in [5.41, 5.74) is 1.51. The van der Waals surface area contributed by atoms with Crippen LogP contribution in [-0.2, 0) is 11.3 Å². The largest absolute Gasteiger partial charge is 0.352 e. The molecule has 0 aliphatic heterocycles. The zero-order chi connectivity index (χ0) is 17.8. The first-order chi connectivity index (χ1) is 12.1. The minimum absolute atomic E-state index is 0.0516. The monoisotopic (exact) mass is 358 g/mol. The molecule has 1 amide bonds. The second-order valence-corrected chi connectivity index (χ2v) is 6.26. The maximum Gasteiger partial charge on any atom is 0.274 e. The summed E-state index contributed by atoms with van der Waals surface area (Å²) in [7, 11) is 0. The maximum absolute atomic E-state index is 12.1. The Kier molecular flexibility index (Phi) is 5.19. The van der Waals surface area contributed by atoms with E-state index in [1.54, 1.807) is 16.7 Å². The van der Waals surface area contributed by atoms with Crippen molar-refractivity contribution in [3.63, 3.8) is 0 Å². The van der Waals surface area contributed by atoms with Crippen molar-refractivity contribution in [1.82, 2.24) is 20.0 Å². The molecule has 2 heterocycles. The average Bonchev–Trinajstić information content (AvgIpc) is 3.24. The van der Waals surface area contributed by atoms with Gasteiger partial charge in [0, 0.05) is 22.8 Å². The number of nitrogens with zero attached hydrogens (tertiary/aromatic N) is 3. The molecule has 1 N–H and O–H groups in total. The molecule has 0 aliphatic carbocycles. The normalized spacial score (nSPS) is 12.1. The second kappa shape index (κ2) is 7.53. The van der Waals surface area contributed by atoms with E-state index < -0.39 is 0 Å². The molecule has 3 aromatic rings. The van der Waals surface area contributed by atoms with Gasteiger partial charge in [-0.2, -0.15) is 4.98 Å². The molecule has 130 valence electrons. The fraction of sp³-hybridized carbons (Fsp3) is 0.278. The zero-order valence-corrected chi connectivity index (χ0v) is 14.8. The van der Waals surface area contributed by atoms with Gasteiger partial charge in [0.05, 0.1) is 0 Å². The van der Waals surface area contributed by atoms with Crippen molar-refractivity contribution in [2.24, 2.45) is 0 Å². The van der Waals surface area contributed by atoms with E-state index in [4.69, 9.17) is 16.1 Å². The fourth-order valence-corrected chi connectivity index (χ4v) is 2.49. The highest BCUT2D eigenvalue weighted by Gasteiger charge is 2.16. The third kappa shape index (κ3) is 4.09. The van der Waals surface area contributed by atoms with Crippen molar-refractivity contribution in [3.8, 4) is 23.0 Å². The Morgan fingerprint density at radius 1 is 1.32 bits per heavy atom. The molecule has 0 spiro atoms. The van der Waals surface area contributed by atoms with Crippen LogP contribution in [0.1, 0.15) is 20.3 Å². The van der Waals surface area contributed by atoms with Crippen LogP contribution in [0.5, 0.6) is 0 Å². The summed E-state index contributed by atoms with van der Waals surface area (Å²) in [4.78, 5) is 16.5. The summed E-state index contributed by atoms with van der Waals surface area (Å²) in [6, 6.07) is 11.0. The molecule has 0 saturated carbocycles. The molecular weight excluding hydrogens is 340 g/mol. The summed E-state index contributed by atoms with van der Waals surface area (Å²) in [6.45, 7) is 4.21. The predicted molar refractivity (Wildman–Crippen MR) is 96.1 cm³/mol. The number of carbonyl (C=O) groups excluding carboxylic acids is 1. The Labute approximate surface area is 150 Å². The quantitative estimate of drug-likeness (QED) is 0.727. The lowest BCUT2D eigenvalue weighted by atomic mass is 10.2. The van der Waals surface area contributed by atoms with Crippen LogP contribution in [0.3, 0.4) is 0 Å². The topological polar surface area (TPSA) is 73.0 Å². The van der Waals surface area contributed by atoms with Crippen molar-refractivity contribution in [2.75, 3.05) is 0 Å². The Hall–Kier alpha value is -2.60. The summed E-state index contributed by atoms with van der Waals surface area (Å²) in [5, 5.41) is 7.60. The van der Waals surface area contributed by atoms with E-state index in [1.165, 1.54) is 0 Å². The number of halogens is 1. The van der Waals surface area contributed by atoms with Gasteiger partial charge in [0.2, 0.25) is 11.7 Å². The van der Waals surface area contributed by atoms with Crippen LogP contribution in [-0.4, -0.2) is 26.7 Å². The molecule has 1 aromatic carbocycles. The van der Waals surface area contributed by atoms with E-state index in [0.29, 0.717) is 22.4 Å². The first-order valence-corrected chi connectivity index (χ1v) is 8.49.